The van der Waals surface area contributed by atoms with Crippen LogP contribution in [-0.2, 0) is 0 Å². The second-order valence-corrected chi connectivity index (χ2v) is 5.27. The Bertz CT molecular complexity index is 499. The summed E-state index contributed by atoms with van der Waals surface area (Å²) >= 11 is 1.63. The molecule has 0 spiro atoms. The van der Waals surface area contributed by atoms with Crippen molar-refractivity contribution in [1.29, 1.82) is 0 Å². The van der Waals surface area contributed by atoms with Gasteiger partial charge in [0.25, 0.3) is 0 Å². The summed E-state index contributed by atoms with van der Waals surface area (Å²) in [6, 6.07) is 5.84. The minimum Gasteiger partial charge on any atom is -0.392 e. The van der Waals surface area contributed by atoms with Crippen LogP contribution in [0.3, 0.4) is 0 Å². The van der Waals surface area contributed by atoms with E-state index in [4.69, 9.17) is 0 Å². The number of pyridine rings is 1. The molecule has 1 N–H and O–H groups in total. The molecular weight excluding hydrogens is 222 g/mol. The van der Waals surface area contributed by atoms with Gasteiger partial charge < -0.3 is 5.11 Å². The molecule has 2 heterocycles. The van der Waals surface area contributed by atoms with E-state index in [0.29, 0.717) is 0 Å². The minimum atomic E-state index is -0.193. The Balaban J connectivity index is 1.89. The van der Waals surface area contributed by atoms with Gasteiger partial charge in [-0.25, -0.2) is 0 Å². The van der Waals surface area contributed by atoms with E-state index < -0.39 is 0 Å². The first-order valence-corrected chi connectivity index (χ1v) is 6.37. The predicted molar refractivity (Wildman–Crippen MR) is 62.5 cm³/mol. The molecule has 84 valence electrons. The lowest BCUT2D eigenvalue weighted by molar-refractivity contribution is 0.188. The van der Waals surface area contributed by atoms with Crippen molar-refractivity contribution in [3.63, 3.8) is 0 Å². The zero-order chi connectivity index (χ0) is 11.0. The maximum absolute atomic E-state index is 9.78. The van der Waals surface area contributed by atoms with E-state index in [1.165, 1.54) is 0 Å². The summed E-state index contributed by atoms with van der Waals surface area (Å²) in [4.78, 5) is 0. The van der Waals surface area contributed by atoms with Gasteiger partial charge in [0, 0.05) is 11.4 Å². The van der Waals surface area contributed by atoms with Crippen LogP contribution in [0.2, 0.25) is 0 Å². The van der Waals surface area contributed by atoms with Gasteiger partial charge in [-0.1, -0.05) is 17.8 Å². The average Bonchev–Trinajstić information content (AvgIpc) is 2.88. The lowest BCUT2D eigenvalue weighted by Crippen LogP contribution is -2.15. The van der Waals surface area contributed by atoms with Crippen molar-refractivity contribution in [3.05, 3.63) is 24.4 Å². The first-order valence-electron chi connectivity index (χ1n) is 5.49. The van der Waals surface area contributed by atoms with Crippen LogP contribution in [0.15, 0.2) is 29.6 Å². The molecule has 0 radical (unpaired) electrons. The first kappa shape index (κ1) is 10.1. The third-order valence-electron chi connectivity index (χ3n) is 2.96. The molecule has 4 nitrogen and oxygen atoms in total. The topological polar surface area (TPSA) is 50.4 Å². The van der Waals surface area contributed by atoms with Crippen molar-refractivity contribution in [3.8, 4) is 0 Å². The molecule has 2 aromatic heterocycles. The molecule has 2 atom stereocenters. The van der Waals surface area contributed by atoms with Gasteiger partial charge in [0.15, 0.2) is 10.8 Å². The smallest absolute Gasteiger partial charge is 0.195 e. The molecule has 0 saturated heterocycles. The summed E-state index contributed by atoms with van der Waals surface area (Å²) < 4.78 is 1.97. The number of nitrogens with zero attached hydrogens (tertiary/aromatic N) is 3. The fraction of sp³-hybridized carbons (Fsp3) is 0.455. The number of aromatic nitrogens is 3. The van der Waals surface area contributed by atoms with Gasteiger partial charge in [-0.3, -0.25) is 4.40 Å². The quantitative estimate of drug-likeness (QED) is 0.861. The van der Waals surface area contributed by atoms with E-state index in [9.17, 15) is 5.11 Å². The molecule has 1 aliphatic rings. The number of rotatable bonds is 2. The van der Waals surface area contributed by atoms with Gasteiger partial charge >= 0.3 is 0 Å². The third-order valence-corrected chi connectivity index (χ3v) is 4.30. The zero-order valence-electron chi connectivity index (χ0n) is 8.78. The average molecular weight is 235 g/mol. The Morgan fingerprint density at radius 3 is 3.06 bits per heavy atom. The Labute approximate surface area is 97.7 Å². The monoisotopic (exact) mass is 235 g/mol. The lowest BCUT2D eigenvalue weighted by Gasteiger charge is -2.11. The number of thioether (sulfide) groups is 1. The number of aliphatic hydroxyl groups excluding tert-OH is 1. The Hall–Kier alpha value is -1.07. The summed E-state index contributed by atoms with van der Waals surface area (Å²) in [6.07, 6.45) is 4.84. The van der Waals surface area contributed by atoms with Crippen LogP contribution < -0.4 is 0 Å². The molecule has 0 aliphatic heterocycles. The number of hydrogen-bond donors (Lipinski definition) is 1. The van der Waals surface area contributed by atoms with Gasteiger partial charge in [-0.15, -0.1) is 10.2 Å². The second-order valence-electron chi connectivity index (χ2n) is 4.07. The van der Waals surface area contributed by atoms with Crippen molar-refractivity contribution in [1.82, 2.24) is 14.6 Å². The Morgan fingerprint density at radius 2 is 2.25 bits per heavy atom. The summed E-state index contributed by atoms with van der Waals surface area (Å²) in [7, 11) is 0. The van der Waals surface area contributed by atoms with Crippen molar-refractivity contribution in [2.75, 3.05) is 0 Å². The van der Waals surface area contributed by atoms with Crippen LogP contribution in [0.5, 0.6) is 0 Å². The van der Waals surface area contributed by atoms with Crippen LogP contribution in [0.25, 0.3) is 5.65 Å². The van der Waals surface area contributed by atoms with E-state index in [1.807, 2.05) is 28.8 Å². The summed E-state index contributed by atoms with van der Waals surface area (Å²) in [5, 5.41) is 19.2. The molecule has 2 aromatic rings. The molecular formula is C11H13N3OS. The molecule has 16 heavy (non-hydrogen) atoms. The molecule has 0 amide bonds. The fourth-order valence-electron chi connectivity index (χ4n) is 2.08. The number of fused-ring (bicyclic) bond motifs is 1. The van der Waals surface area contributed by atoms with Crippen molar-refractivity contribution in [2.24, 2.45) is 0 Å². The lowest BCUT2D eigenvalue weighted by atomic mass is 10.3. The molecule has 1 aliphatic carbocycles. The van der Waals surface area contributed by atoms with Crippen LogP contribution in [-0.4, -0.2) is 31.1 Å². The van der Waals surface area contributed by atoms with Crippen LogP contribution in [0, 0.1) is 0 Å². The predicted octanol–water partition coefficient (Wildman–Crippen LogP) is 1.73. The number of hydrogen-bond acceptors (Lipinski definition) is 4. The highest BCUT2D eigenvalue weighted by molar-refractivity contribution is 7.99. The zero-order valence-corrected chi connectivity index (χ0v) is 9.60. The van der Waals surface area contributed by atoms with E-state index in [0.717, 1.165) is 30.1 Å². The van der Waals surface area contributed by atoms with Gasteiger partial charge in [-0.05, 0) is 31.4 Å². The van der Waals surface area contributed by atoms with Crippen molar-refractivity contribution < 1.29 is 5.11 Å². The normalized spacial score (nSPS) is 25.3. The summed E-state index contributed by atoms with van der Waals surface area (Å²) in [5.41, 5.74) is 0.859. The van der Waals surface area contributed by atoms with Crippen LogP contribution in [0.4, 0.5) is 0 Å². The molecule has 5 heteroatoms. The standard InChI is InChI=1S/C11H13N3OS/c15-8-4-3-5-9(8)16-11-13-12-10-6-1-2-7-14(10)11/h1-2,6-9,15H,3-5H2/t8-,9-/m0/s1. The van der Waals surface area contributed by atoms with E-state index in [2.05, 4.69) is 10.2 Å². The molecule has 3 rings (SSSR count). The minimum absolute atomic E-state index is 0.193. The highest BCUT2D eigenvalue weighted by atomic mass is 32.2. The Morgan fingerprint density at radius 1 is 1.31 bits per heavy atom. The Kier molecular flexibility index (Phi) is 2.57. The molecule has 0 bridgehead atoms. The third kappa shape index (κ3) is 1.70. The van der Waals surface area contributed by atoms with E-state index >= 15 is 0 Å². The van der Waals surface area contributed by atoms with Crippen LogP contribution in [0.1, 0.15) is 19.3 Å². The summed E-state index contributed by atoms with van der Waals surface area (Å²) in [5.74, 6) is 0. The van der Waals surface area contributed by atoms with Gasteiger partial charge in [0.2, 0.25) is 0 Å². The maximum Gasteiger partial charge on any atom is 0.195 e. The highest BCUT2D eigenvalue weighted by Gasteiger charge is 2.27. The molecule has 0 aromatic carbocycles. The van der Waals surface area contributed by atoms with Crippen molar-refractivity contribution in [2.45, 2.75) is 35.8 Å². The first-order chi connectivity index (χ1) is 7.84. The van der Waals surface area contributed by atoms with Gasteiger partial charge in [0.1, 0.15) is 0 Å². The molecule has 1 saturated carbocycles. The van der Waals surface area contributed by atoms with Gasteiger partial charge in [-0.2, -0.15) is 0 Å². The summed E-state index contributed by atoms with van der Waals surface area (Å²) in [6.45, 7) is 0. The van der Waals surface area contributed by atoms with Crippen molar-refractivity contribution >= 4 is 17.4 Å². The number of aliphatic hydroxyl groups is 1. The highest BCUT2D eigenvalue weighted by Crippen LogP contribution is 2.34. The van der Waals surface area contributed by atoms with E-state index in [-0.39, 0.29) is 11.4 Å². The van der Waals surface area contributed by atoms with E-state index in [1.54, 1.807) is 11.8 Å². The maximum atomic E-state index is 9.78. The molecule has 1 fully saturated rings. The fourth-order valence-corrected chi connectivity index (χ4v) is 3.28. The largest absolute Gasteiger partial charge is 0.392 e. The SMILES string of the molecule is O[C@H]1CCC[C@@H]1Sc1nnc2ccccn12. The van der Waals surface area contributed by atoms with Gasteiger partial charge in [0.05, 0.1) is 6.10 Å². The second kappa shape index (κ2) is 4.07. The van der Waals surface area contributed by atoms with Crippen LogP contribution >= 0.6 is 11.8 Å². The molecule has 0 unspecified atom stereocenters.